The summed E-state index contributed by atoms with van der Waals surface area (Å²) in [6.45, 7) is 6.72. The van der Waals surface area contributed by atoms with Crippen LogP contribution in [0.15, 0.2) is 28.7 Å². The Kier molecular flexibility index (Phi) is 7.06. The number of ketones is 2. The van der Waals surface area contributed by atoms with Crippen molar-refractivity contribution in [3.63, 3.8) is 0 Å². The number of Topliss-reactive ketones (excluding diaryl/α,β-unsaturated/α-hetero) is 2. The zero-order valence-corrected chi connectivity index (χ0v) is 22.9. The molecule has 10 heteroatoms. The molecule has 3 atom stereocenters. The van der Waals surface area contributed by atoms with Gasteiger partial charge in [-0.2, -0.15) is 0 Å². The predicted octanol–water partition coefficient (Wildman–Crippen LogP) is 3.49. The number of carbonyl (C=O) groups is 3. The van der Waals surface area contributed by atoms with Crippen LogP contribution in [0.1, 0.15) is 67.4 Å². The van der Waals surface area contributed by atoms with Gasteiger partial charge in [-0.15, -0.1) is 0 Å². The van der Waals surface area contributed by atoms with Gasteiger partial charge in [0.25, 0.3) is 5.91 Å². The number of aliphatic hydroxyl groups excluding tert-OH is 2. The molecule has 4 aliphatic rings. The number of nitrogens with two attached hydrogens (primary N) is 1. The van der Waals surface area contributed by atoms with E-state index in [4.69, 9.17) is 17.3 Å². The second kappa shape index (κ2) is 9.94. The fraction of sp³-hybridized carbons (Fsp3) is 0.552. The number of carbonyl (C=O) groups excluding carboxylic acids is 3. The molecule has 1 saturated carbocycles. The Hall–Kier alpha value is -2.88. The summed E-state index contributed by atoms with van der Waals surface area (Å²) in [5.74, 6) is -5.25. The van der Waals surface area contributed by atoms with Crippen LogP contribution in [0.4, 0.5) is 0 Å². The highest BCUT2D eigenvalue weighted by Gasteiger charge is 2.59. The molecule has 0 aromatic heterocycles. The quantitative estimate of drug-likeness (QED) is 0.303. The Bertz CT molecular complexity index is 1330. The van der Waals surface area contributed by atoms with Gasteiger partial charge in [-0.05, 0) is 73.6 Å². The molecule has 9 nitrogen and oxygen atoms in total. The molecule has 39 heavy (non-hydrogen) atoms. The molecule has 1 amide bonds. The first kappa shape index (κ1) is 27.7. The van der Waals surface area contributed by atoms with Crippen molar-refractivity contribution < 1.29 is 34.8 Å². The largest absolute Gasteiger partial charge is 0.511 e. The van der Waals surface area contributed by atoms with E-state index in [0.29, 0.717) is 34.5 Å². The summed E-state index contributed by atoms with van der Waals surface area (Å²) in [6.07, 6.45) is 3.45. The van der Waals surface area contributed by atoms with Gasteiger partial charge in [0.1, 0.15) is 22.8 Å². The lowest BCUT2D eigenvalue weighted by atomic mass is 9.60. The molecular weight excluding hydrogens is 524 g/mol. The van der Waals surface area contributed by atoms with Crippen LogP contribution in [0, 0.1) is 23.7 Å². The summed E-state index contributed by atoms with van der Waals surface area (Å²) in [4.78, 5) is 40.9. The standard InChI is InChI=1S/C29H35ClN2O7/c1-13(2)5-6-32(11-14-3-4-14)12-16-9-19(33)22-18(24(16)30)8-15-7-17-10-20(34)23(28(31)38)27(37)29(17,39)26(36)21(15)25(22)35/h9,13-15,17,33-34,36,39H,3-8,10-12H2,1-2H3,(H2,31,38)/t15?,17-,29-/m0/s1. The zero-order valence-electron chi connectivity index (χ0n) is 22.2. The van der Waals surface area contributed by atoms with E-state index in [2.05, 4.69) is 18.7 Å². The van der Waals surface area contributed by atoms with Gasteiger partial charge < -0.3 is 26.2 Å². The van der Waals surface area contributed by atoms with E-state index in [-0.39, 0.29) is 36.1 Å². The normalized spacial score (nSPS) is 26.7. The molecular formula is C29H35ClN2O7. The number of nitrogens with zero attached hydrogens (tertiary/aromatic N) is 1. The Balaban J connectivity index is 1.52. The van der Waals surface area contributed by atoms with Crippen molar-refractivity contribution >= 4 is 29.1 Å². The van der Waals surface area contributed by atoms with Crippen molar-refractivity contribution in [1.29, 1.82) is 0 Å². The molecule has 1 unspecified atom stereocenters. The fourth-order valence-electron chi connectivity index (χ4n) is 6.42. The Morgan fingerprint density at radius 1 is 1.21 bits per heavy atom. The van der Waals surface area contributed by atoms with Gasteiger partial charge in [0.15, 0.2) is 11.4 Å². The van der Waals surface area contributed by atoms with Crippen molar-refractivity contribution in [1.82, 2.24) is 4.90 Å². The van der Waals surface area contributed by atoms with Crippen LogP contribution >= 0.6 is 11.6 Å². The molecule has 1 aromatic rings. The lowest BCUT2D eigenvalue weighted by Crippen LogP contribution is -2.57. The fourth-order valence-corrected chi connectivity index (χ4v) is 6.71. The van der Waals surface area contributed by atoms with Gasteiger partial charge >= 0.3 is 0 Å². The first-order chi connectivity index (χ1) is 18.3. The number of primary amides is 1. The van der Waals surface area contributed by atoms with Crippen molar-refractivity contribution in [3.8, 4) is 5.75 Å². The van der Waals surface area contributed by atoms with E-state index >= 15 is 0 Å². The molecule has 4 aliphatic carbocycles. The van der Waals surface area contributed by atoms with Gasteiger partial charge in [0, 0.05) is 36.0 Å². The number of rotatable bonds is 8. The number of phenolic OH excluding ortho intramolecular Hbond substituents is 1. The van der Waals surface area contributed by atoms with Gasteiger partial charge in [0.05, 0.1) is 5.56 Å². The molecule has 5 rings (SSSR count). The number of fused-ring (bicyclic) bond motifs is 3. The maximum atomic E-state index is 13.7. The number of allylic oxidation sites excluding steroid dienone is 2. The average molecular weight is 559 g/mol. The van der Waals surface area contributed by atoms with Crippen molar-refractivity contribution in [3.05, 3.63) is 50.4 Å². The van der Waals surface area contributed by atoms with Crippen molar-refractivity contribution in [2.75, 3.05) is 13.1 Å². The minimum atomic E-state index is -2.57. The number of halogens is 1. The molecule has 0 bridgehead atoms. The van der Waals surface area contributed by atoms with Gasteiger partial charge in [-0.1, -0.05) is 25.4 Å². The van der Waals surface area contributed by atoms with E-state index < -0.39 is 52.0 Å². The molecule has 0 aliphatic heterocycles. The molecule has 6 N–H and O–H groups in total. The number of phenols is 1. The summed E-state index contributed by atoms with van der Waals surface area (Å²) in [5, 5.41) is 44.2. The monoisotopic (exact) mass is 558 g/mol. The lowest BCUT2D eigenvalue weighted by molar-refractivity contribution is -0.144. The van der Waals surface area contributed by atoms with Crippen molar-refractivity contribution in [2.24, 2.45) is 29.4 Å². The second-order valence-corrected chi connectivity index (χ2v) is 12.4. The Morgan fingerprint density at radius 2 is 1.90 bits per heavy atom. The third-order valence-electron chi connectivity index (χ3n) is 8.70. The first-order valence-corrected chi connectivity index (χ1v) is 13.9. The van der Waals surface area contributed by atoms with Gasteiger partial charge in [0.2, 0.25) is 5.78 Å². The summed E-state index contributed by atoms with van der Waals surface area (Å²) in [5.41, 5.74) is 2.82. The van der Waals surface area contributed by atoms with Gasteiger partial charge in [-0.25, -0.2) is 0 Å². The summed E-state index contributed by atoms with van der Waals surface area (Å²) in [6, 6.07) is 1.49. The minimum absolute atomic E-state index is 0.0590. The minimum Gasteiger partial charge on any atom is -0.511 e. The maximum absolute atomic E-state index is 13.7. The number of hydrogen-bond acceptors (Lipinski definition) is 8. The first-order valence-electron chi connectivity index (χ1n) is 13.6. The summed E-state index contributed by atoms with van der Waals surface area (Å²) >= 11 is 6.88. The van der Waals surface area contributed by atoms with Gasteiger partial charge in [-0.3, -0.25) is 19.3 Å². The lowest BCUT2D eigenvalue weighted by Gasteiger charge is -2.45. The molecule has 210 valence electrons. The molecule has 0 spiro atoms. The van der Waals surface area contributed by atoms with Crippen LogP contribution in [0.3, 0.4) is 0 Å². The van der Waals surface area contributed by atoms with Crippen LogP contribution in [-0.4, -0.2) is 61.5 Å². The third kappa shape index (κ3) is 4.64. The van der Waals surface area contributed by atoms with Crippen LogP contribution in [-0.2, 0) is 22.6 Å². The molecule has 1 aromatic carbocycles. The van der Waals surface area contributed by atoms with E-state index in [1.807, 2.05) is 0 Å². The maximum Gasteiger partial charge on any atom is 0.255 e. The van der Waals surface area contributed by atoms with Crippen molar-refractivity contribution in [2.45, 2.75) is 64.5 Å². The van der Waals surface area contributed by atoms with E-state index in [1.165, 1.54) is 18.9 Å². The average Bonchev–Trinajstić information content (AvgIpc) is 3.66. The highest BCUT2D eigenvalue weighted by atomic mass is 35.5. The number of aromatic hydroxyl groups is 1. The molecule has 0 heterocycles. The van der Waals surface area contributed by atoms with E-state index in [9.17, 15) is 34.8 Å². The SMILES string of the molecule is CC(C)CCN(Cc1cc(O)c2c(c1Cl)CC1C[C@H]3CC(O)=C(C(N)=O)C(=O)[C@@]3(O)C(O)=C1C2=O)CC1CC1. The number of amides is 1. The van der Waals surface area contributed by atoms with E-state index in [1.54, 1.807) is 0 Å². The zero-order chi connectivity index (χ0) is 28.4. The molecule has 1 fully saturated rings. The molecule has 0 radical (unpaired) electrons. The number of benzene rings is 1. The highest BCUT2D eigenvalue weighted by molar-refractivity contribution is 6.33. The highest BCUT2D eigenvalue weighted by Crippen LogP contribution is 2.52. The molecule has 0 saturated heterocycles. The van der Waals surface area contributed by atoms with E-state index in [0.717, 1.165) is 19.5 Å². The smallest absolute Gasteiger partial charge is 0.255 e. The summed E-state index contributed by atoms with van der Waals surface area (Å²) in [7, 11) is 0. The predicted molar refractivity (Wildman–Crippen MR) is 143 cm³/mol. The number of aliphatic hydroxyl groups is 3. The second-order valence-electron chi connectivity index (χ2n) is 12.0. The third-order valence-corrected chi connectivity index (χ3v) is 9.17. The Morgan fingerprint density at radius 3 is 2.51 bits per heavy atom. The van der Waals surface area contributed by atoms with Crippen LogP contribution in [0.5, 0.6) is 5.75 Å². The van der Waals surface area contributed by atoms with Crippen LogP contribution < -0.4 is 5.73 Å². The topological polar surface area (TPSA) is 161 Å². The van der Waals surface area contributed by atoms with Crippen LogP contribution in [0.25, 0.3) is 0 Å². The summed E-state index contributed by atoms with van der Waals surface area (Å²) < 4.78 is 0. The Labute approximate surface area is 231 Å². The number of hydrogen-bond donors (Lipinski definition) is 5. The van der Waals surface area contributed by atoms with Crippen LogP contribution in [0.2, 0.25) is 5.02 Å².